The van der Waals surface area contributed by atoms with Gasteiger partial charge in [-0.15, -0.1) is 0 Å². The van der Waals surface area contributed by atoms with Gasteiger partial charge in [0.1, 0.15) is 5.56 Å². The fraction of sp³-hybridized carbons (Fsp3) is 0.647. The van der Waals surface area contributed by atoms with Gasteiger partial charge in [-0.2, -0.15) is 0 Å². The van der Waals surface area contributed by atoms with Gasteiger partial charge in [-0.25, -0.2) is 13.4 Å². The highest BCUT2D eigenvalue weighted by Crippen LogP contribution is 2.29. The number of ether oxygens (including phenoxy) is 1. The molecular weight excluding hydrogens is 342 g/mol. The molecule has 0 bridgehead atoms. The fourth-order valence-electron chi connectivity index (χ4n) is 3.84. The van der Waals surface area contributed by atoms with Crippen LogP contribution in [-0.4, -0.2) is 79.4 Å². The second-order valence-corrected chi connectivity index (χ2v) is 9.31. The van der Waals surface area contributed by atoms with Gasteiger partial charge in [-0.3, -0.25) is 9.69 Å². The summed E-state index contributed by atoms with van der Waals surface area (Å²) < 4.78 is 29.7. The van der Waals surface area contributed by atoms with Gasteiger partial charge in [0.15, 0.2) is 9.84 Å². The van der Waals surface area contributed by atoms with Crippen LogP contribution < -0.4 is 4.74 Å². The predicted molar refractivity (Wildman–Crippen MR) is 94.5 cm³/mol. The lowest BCUT2D eigenvalue weighted by Crippen LogP contribution is -2.61. The number of fused-ring (bicyclic) bond motifs is 1. The van der Waals surface area contributed by atoms with Crippen LogP contribution in [0.3, 0.4) is 0 Å². The molecule has 7 nitrogen and oxygen atoms in total. The molecule has 0 aromatic carbocycles. The zero-order chi connectivity index (χ0) is 18.2. The van der Waals surface area contributed by atoms with Crippen molar-refractivity contribution in [3.8, 4) is 5.88 Å². The lowest BCUT2D eigenvalue weighted by Gasteiger charge is -2.44. The molecule has 0 radical (unpaired) electrons. The molecular formula is C17H25N3O4S. The first-order chi connectivity index (χ1) is 11.8. The monoisotopic (exact) mass is 367 g/mol. The molecule has 0 unspecified atom stereocenters. The minimum absolute atomic E-state index is 0.0284. The second kappa shape index (κ2) is 6.92. The first-order valence-corrected chi connectivity index (χ1v) is 10.4. The molecule has 3 heterocycles. The summed E-state index contributed by atoms with van der Waals surface area (Å²) in [6.07, 6.45) is 1.57. The quantitative estimate of drug-likeness (QED) is 0.778. The number of carbonyl (C=O) groups excluding carboxylic acids is 1. The number of hydrogen-bond acceptors (Lipinski definition) is 6. The number of methoxy groups -OCH3 is 1. The first-order valence-electron chi connectivity index (χ1n) is 8.57. The van der Waals surface area contributed by atoms with E-state index in [0.717, 1.165) is 6.54 Å². The lowest BCUT2D eigenvalue weighted by molar-refractivity contribution is 0.0294. The predicted octanol–water partition coefficient (Wildman–Crippen LogP) is 0.670. The van der Waals surface area contributed by atoms with Gasteiger partial charge in [-0.05, 0) is 18.1 Å². The Morgan fingerprint density at radius 1 is 1.32 bits per heavy atom. The molecule has 0 spiro atoms. The molecule has 25 heavy (non-hydrogen) atoms. The van der Waals surface area contributed by atoms with Gasteiger partial charge >= 0.3 is 0 Å². The number of nitrogens with zero attached hydrogens (tertiary/aromatic N) is 3. The van der Waals surface area contributed by atoms with E-state index in [4.69, 9.17) is 4.74 Å². The van der Waals surface area contributed by atoms with Crippen LogP contribution in [0.4, 0.5) is 0 Å². The minimum atomic E-state index is -3.14. The minimum Gasteiger partial charge on any atom is -0.480 e. The molecule has 2 saturated heterocycles. The largest absolute Gasteiger partial charge is 0.480 e. The molecule has 3 rings (SSSR count). The Morgan fingerprint density at radius 2 is 2.04 bits per heavy atom. The number of amides is 1. The topological polar surface area (TPSA) is 79.8 Å². The molecule has 2 atom stereocenters. The van der Waals surface area contributed by atoms with E-state index in [1.165, 1.54) is 7.11 Å². The molecule has 0 N–H and O–H groups in total. The Labute approximate surface area is 148 Å². The van der Waals surface area contributed by atoms with Gasteiger partial charge in [0.05, 0.1) is 24.7 Å². The number of carbonyl (C=O) groups is 1. The van der Waals surface area contributed by atoms with E-state index in [9.17, 15) is 13.2 Å². The Morgan fingerprint density at radius 3 is 2.72 bits per heavy atom. The highest BCUT2D eigenvalue weighted by molar-refractivity contribution is 7.91. The Hall–Kier alpha value is -1.67. The third kappa shape index (κ3) is 3.64. The van der Waals surface area contributed by atoms with Crippen LogP contribution in [0.2, 0.25) is 0 Å². The zero-order valence-electron chi connectivity index (χ0n) is 14.9. The maximum Gasteiger partial charge on any atom is 0.259 e. The number of aromatic nitrogens is 1. The molecule has 138 valence electrons. The molecule has 0 aliphatic carbocycles. The normalized spacial score (nSPS) is 25.8. The third-order valence-corrected chi connectivity index (χ3v) is 6.55. The summed E-state index contributed by atoms with van der Waals surface area (Å²) in [7, 11) is -1.67. The van der Waals surface area contributed by atoms with Crippen LogP contribution >= 0.6 is 0 Å². The van der Waals surface area contributed by atoms with E-state index in [-0.39, 0.29) is 35.4 Å². The van der Waals surface area contributed by atoms with E-state index >= 15 is 0 Å². The molecule has 8 heteroatoms. The van der Waals surface area contributed by atoms with Crippen LogP contribution in [0, 0.1) is 5.92 Å². The maximum atomic E-state index is 13.1. The number of sulfone groups is 1. The highest BCUT2D eigenvalue weighted by Gasteiger charge is 2.48. The number of hydrogen-bond donors (Lipinski definition) is 0. The number of pyridine rings is 1. The van der Waals surface area contributed by atoms with Crippen molar-refractivity contribution in [2.45, 2.75) is 25.9 Å². The van der Waals surface area contributed by atoms with Crippen molar-refractivity contribution < 1.29 is 17.9 Å². The Bertz CT molecular complexity index is 750. The van der Waals surface area contributed by atoms with E-state index in [0.29, 0.717) is 24.6 Å². The molecule has 2 aliphatic rings. The van der Waals surface area contributed by atoms with Crippen molar-refractivity contribution in [3.05, 3.63) is 23.9 Å². The molecule has 1 aromatic heterocycles. The molecule has 0 saturated carbocycles. The molecule has 1 aromatic rings. The van der Waals surface area contributed by atoms with Crippen LogP contribution in [0.25, 0.3) is 0 Å². The smallest absolute Gasteiger partial charge is 0.259 e. The second-order valence-electron chi connectivity index (χ2n) is 7.16. The Kier molecular flexibility index (Phi) is 5.02. The van der Waals surface area contributed by atoms with Crippen molar-refractivity contribution in [2.24, 2.45) is 5.92 Å². The Balaban J connectivity index is 1.89. The van der Waals surface area contributed by atoms with Crippen LogP contribution in [0.15, 0.2) is 18.3 Å². The summed E-state index contributed by atoms with van der Waals surface area (Å²) in [4.78, 5) is 21.1. The van der Waals surface area contributed by atoms with Gasteiger partial charge in [0.2, 0.25) is 5.88 Å². The summed E-state index contributed by atoms with van der Waals surface area (Å²) in [5, 5.41) is 0. The summed E-state index contributed by atoms with van der Waals surface area (Å²) in [5.74, 6) is 0.666. The molecule has 2 fully saturated rings. The van der Waals surface area contributed by atoms with Crippen molar-refractivity contribution in [1.29, 1.82) is 0 Å². The maximum absolute atomic E-state index is 13.1. The highest BCUT2D eigenvalue weighted by atomic mass is 32.2. The zero-order valence-corrected chi connectivity index (χ0v) is 15.7. The first kappa shape index (κ1) is 18.1. The molecule has 1 amide bonds. The van der Waals surface area contributed by atoms with E-state index in [2.05, 4.69) is 23.7 Å². The van der Waals surface area contributed by atoms with Crippen LogP contribution in [0.5, 0.6) is 5.88 Å². The lowest BCUT2D eigenvalue weighted by atomic mass is 10.0. The van der Waals surface area contributed by atoms with Gasteiger partial charge < -0.3 is 9.64 Å². The average molecular weight is 367 g/mol. The summed E-state index contributed by atoms with van der Waals surface area (Å²) >= 11 is 0. The summed E-state index contributed by atoms with van der Waals surface area (Å²) in [5.41, 5.74) is 0.380. The van der Waals surface area contributed by atoms with Crippen molar-refractivity contribution in [3.63, 3.8) is 0 Å². The standard InChI is InChI=1S/C17H25N3O4S/c1-12(2)9-19-7-8-20(15-11-25(22,23)10-14(15)19)17(21)13-5-4-6-18-16(13)24-3/h4-6,12,14-15H,7-11H2,1-3H3/t14-,15+/m0/s1. The van der Waals surface area contributed by atoms with Gasteiger partial charge in [-0.1, -0.05) is 13.8 Å². The number of rotatable bonds is 4. The van der Waals surface area contributed by atoms with Crippen LogP contribution in [-0.2, 0) is 9.84 Å². The van der Waals surface area contributed by atoms with Crippen molar-refractivity contribution in [1.82, 2.24) is 14.8 Å². The van der Waals surface area contributed by atoms with Gasteiger partial charge in [0.25, 0.3) is 5.91 Å². The van der Waals surface area contributed by atoms with Crippen LogP contribution in [0.1, 0.15) is 24.2 Å². The molecule has 2 aliphatic heterocycles. The fourth-order valence-corrected chi connectivity index (χ4v) is 5.86. The summed E-state index contributed by atoms with van der Waals surface area (Å²) in [6.45, 7) is 6.28. The SMILES string of the molecule is COc1ncccc1C(=O)N1CCN(CC(C)C)[C@H]2CS(=O)(=O)C[C@H]21. The van der Waals surface area contributed by atoms with E-state index in [1.54, 1.807) is 23.2 Å². The van der Waals surface area contributed by atoms with Crippen molar-refractivity contribution in [2.75, 3.05) is 38.2 Å². The number of piperazine rings is 1. The third-order valence-electron chi connectivity index (χ3n) is 4.85. The average Bonchev–Trinajstić information content (AvgIpc) is 2.89. The summed E-state index contributed by atoms with van der Waals surface area (Å²) in [6, 6.07) is 2.92. The van der Waals surface area contributed by atoms with E-state index in [1.807, 2.05) is 0 Å². The van der Waals surface area contributed by atoms with Crippen molar-refractivity contribution >= 4 is 15.7 Å². The van der Waals surface area contributed by atoms with E-state index < -0.39 is 9.84 Å². The van der Waals surface area contributed by atoms with Gasteiger partial charge in [0, 0.05) is 31.9 Å².